The van der Waals surface area contributed by atoms with Gasteiger partial charge in [-0.05, 0) is 47.4 Å². The summed E-state index contributed by atoms with van der Waals surface area (Å²) in [5.74, 6) is 0.341. The molecule has 0 radical (unpaired) electrons. The number of fused-ring (bicyclic) bond motifs is 1. The monoisotopic (exact) mass is 429 g/mol. The van der Waals surface area contributed by atoms with E-state index in [0.717, 1.165) is 11.0 Å². The van der Waals surface area contributed by atoms with Gasteiger partial charge in [-0.1, -0.05) is 26.0 Å². The lowest BCUT2D eigenvalue weighted by Crippen LogP contribution is -2.47. The van der Waals surface area contributed by atoms with E-state index in [1.807, 2.05) is 4.90 Å². The normalized spacial score (nSPS) is 19.4. The maximum absolute atomic E-state index is 13.2. The fourth-order valence-corrected chi connectivity index (χ4v) is 5.14. The van der Waals surface area contributed by atoms with Crippen LogP contribution in [0.1, 0.15) is 25.8 Å². The molecular weight excluding hydrogens is 405 g/mol. The van der Waals surface area contributed by atoms with Crippen molar-refractivity contribution in [3.05, 3.63) is 67.9 Å². The van der Waals surface area contributed by atoms with Crippen molar-refractivity contribution in [3.8, 4) is 0 Å². The number of aromatic nitrogens is 2. The molecule has 1 fully saturated rings. The third-order valence-electron chi connectivity index (χ3n) is 5.61. The Morgan fingerprint density at radius 1 is 1.07 bits per heavy atom. The van der Waals surface area contributed by atoms with Crippen molar-refractivity contribution in [1.82, 2.24) is 14.0 Å². The van der Waals surface area contributed by atoms with E-state index in [-0.39, 0.29) is 24.8 Å². The van der Waals surface area contributed by atoms with Crippen LogP contribution in [0.2, 0.25) is 0 Å². The van der Waals surface area contributed by atoms with Crippen molar-refractivity contribution in [3.63, 3.8) is 0 Å². The molecule has 3 aromatic rings. The van der Waals surface area contributed by atoms with E-state index in [1.54, 1.807) is 23.6 Å². The second kappa shape index (κ2) is 8.18. The summed E-state index contributed by atoms with van der Waals surface area (Å²) in [5.41, 5.74) is 0.208. The van der Waals surface area contributed by atoms with Crippen LogP contribution in [0, 0.1) is 17.7 Å². The van der Waals surface area contributed by atoms with Crippen LogP contribution >= 0.6 is 11.3 Å². The summed E-state index contributed by atoms with van der Waals surface area (Å²) in [7, 11) is 0. The molecule has 1 saturated heterocycles. The summed E-state index contributed by atoms with van der Waals surface area (Å²) < 4.78 is 16.2. The minimum Gasteiger partial charge on any atom is -0.341 e. The zero-order valence-electron chi connectivity index (χ0n) is 17.0. The highest BCUT2D eigenvalue weighted by Crippen LogP contribution is 2.22. The van der Waals surface area contributed by atoms with Gasteiger partial charge in [0.05, 0.1) is 12.1 Å². The molecule has 158 valence electrons. The Morgan fingerprint density at radius 3 is 2.40 bits per heavy atom. The van der Waals surface area contributed by atoms with Crippen LogP contribution in [0.5, 0.6) is 0 Å². The fraction of sp³-hybridized carbons (Fsp3) is 0.409. The maximum atomic E-state index is 13.2. The number of nitrogens with zero attached hydrogens (tertiary/aromatic N) is 3. The Kier molecular flexibility index (Phi) is 5.60. The fourth-order valence-electron chi connectivity index (χ4n) is 4.30. The lowest BCUT2D eigenvalue weighted by Gasteiger charge is -2.35. The average molecular weight is 430 g/mol. The van der Waals surface area contributed by atoms with Gasteiger partial charge in [-0.2, -0.15) is 0 Å². The van der Waals surface area contributed by atoms with E-state index in [9.17, 15) is 18.8 Å². The first-order chi connectivity index (χ1) is 14.3. The highest BCUT2D eigenvalue weighted by molar-refractivity contribution is 7.17. The molecule has 6 nitrogen and oxygen atoms in total. The third-order valence-corrected chi connectivity index (χ3v) is 6.50. The van der Waals surface area contributed by atoms with E-state index in [1.165, 1.54) is 28.0 Å². The number of hydrogen-bond donors (Lipinski definition) is 0. The first-order valence-corrected chi connectivity index (χ1v) is 10.9. The van der Waals surface area contributed by atoms with E-state index >= 15 is 0 Å². The molecule has 0 spiro atoms. The summed E-state index contributed by atoms with van der Waals surface area (Å²) in [5, 5.41) is 1.75. The Hall–Kier alpha value is -2.74. The molecule has 4 rings (SSSR count). The van der Waals surface area contributed by atoms with Crippen LogP contribution in [0.3, 0.4) is 0 Å². The molecule has 1 amide bonds. The molecule has 0 unspecified atom stereocenters. The minimum atomic E-state index is -0.526. The molecule has 1 aliphatic rings. The van der Waals surface area contributed by atoms with Gasteiger partial charge in [-0.3, -0.25) is 18.7 Å². The van der Waals surface area contributed by atoms with E-state index in [4.69, 9.17) is 0 Å². The molecule has 2 aromatic heterocycles. The predicted molar refractivity (Wildman–Crippen MR) is 115 cm³/mol. The van der Waals surface area contributed by atoms with E-state index in [0.29, 0.717) is 40.7 Å². The Bertz CT molecular complexity index is 1190. The van der Waals surface area contributed by atoms with Gasteiger partial charge >= 0.3 is 5.69 Å². The van der Waals surface area contributed by atoms with E-state index < -0.39 is 11.2 Å². The summed E-state index contributed by atoms with van der Waals surface area (Å²) in [4.78, 5) is 40.9. The number of carbonyl (C=O) groups is 1. The number of benzene rings is 1. The molecule has 0 N–H and O–H groups in total. The third kappa shape index (κ3) is 3.96. The number of thiophene rings is 1. The van der Waals surface area contributed by atoms with Gasteiger partial charge < -0.3 is 4.90 Å². The van der Waals surface area contributed by atoms with Crippen LogP contribution in [0.4, 0.5) is 4.39 Å². The van der Waals surface area contributed by atoms with Gasteiger partial charge in [-0.25, -0.2) is 9.18 Å². The van der Waals surface area contributed by atoms with Crippen molar-refractivity contribution in [2.45, 2.75) is 33.4 Å². The van der Waals surface area contributed by atoms with E-state index in [2.05, 4.69) is 13.8 Å². The van der Waals surface area contributed by atoms with Gasteiger partial charge in [0.2, 0.25) is 5.91 Å². The number of halogens is 1. The molecule has 1 aliphatic heterocycles. The maximum Gasteiger partial charge on any atom is 0.332 e. The smallest absolute Gasteiger partial charge is 0.332 e. The molecule has 30 heavy (non-hydrogen) atoms. The standard InChI is InChI=1S/C22H24FN3O3S/c1-14-9-15(2)11-24(10-14)19(27)13-25-18-7-8-30-20(18)21(28)26(22(25)29)12-16-3-5-17(23)6-4-16/h3-8,14-15H,9-13H2,1-2H3/t14-,15-/m1/s1. The number of likely N-dealkylation sites (tertiary alicyclic amines) is 1. The predicted octanol–water partition coefficient (Wildman–Crippen LogP) is 2.92. The SMILES string of the molecule is C[C@@H]1C[C@@H](C)CN(C(=O)Cn2c(=O)n(Cc3ccc(F)cc3)c(=O)c3sccc32)C1. The van der Waals surface area contributed by atoms with Gasteiger partial charge in [0.25, 0.3) is 5.56 Å². The summed E-state index contributed by atoms with van der Waals surface area (Å²) >= 11 is 1.25. The van der Waals surface area contributed by atoms with Crippen molar-refractivity contribution in [2.75, 3.05) is 13.1 Å². The largest absolute Gasteiger partial charge is 0.341 e. The number of rotatable bonds is 4. The van der Waals surface area contributed by atoms with Gasteiger partial charge in [0.15, 0.2) is 0 Å². The van der Waals surface area contributed by atoms with Gasteiger partial charge in [-0.15, -0.1) is 11.3 Å². The molecule has 1 aromatic carbocycles. The zero-order chi connectivity index (χ0) is 21.4. The van der Waals surface area contributed by atoms with Gasteiger partial charge in [0, 0.05) is 13.1 Å². The summed E-state index contributed by atoms with van der Waals surface area (Å²) in [6.45, 7) is 5.54. The molecule has 8 heteroatoms. The van der Waals surface area contributed by atoms with Gasteiger partial charge in [0.1, 0.15) is 17.1 Å². The highest BCUT2D eigenvalue weighted by Gasteiger charge is 2.26. The number of carbonyl (C=O) groups excluding carboxylic acids is 1. The first kappa shape index (κ1) is 20.5. The number of amides is 1. The van der Waals surface area contributed by atoms with Crippen LogP contribution < -0.4 is 11.2 Å². The molecular formula is C22H24FN3O3S. The lowest BCUT2D eigenvalue weighted by atomic mass is 9.92. The summed E-state index contributed by atoms with van der Waals surface area (Å²) in [6, 6.07) is 7.40. The summed E-state index contributed by atoms with van der Waals surface area (Å²) in [6.07, 6.45) is 1.08. The number of hydrogen-bond acceptors (Lipinski definition) is 4. The highest BCUT2D eigenvalue weighted by atomic mass is 32.1. The molecule has 3 heterocycles. The van der Waals surface area contributed by atoms with Crippen molar-refractivity contribution < 1.29 is 9.18 Å². The Labute approximate surface area is 177 Å². The topological polar surface area (TPSA) is 64.3 Å². The average Bonchev–Trinajstić information content (AvgIpc) is 3.19. The number of piperidine rings is 1. The Balaban J connectivity index is 1.71. The quantitative estimate of drug-likeness (QED) is 0.641. The molecule has 2 atom stereocenters. The van der Waals surface area contributed by atoms with Crippen LogP contribution in [-0.2, 0) is 17.9 Å². The van der Waals surface area contributed by atoms with Crippen LogP contribution in [0.25, 0.3) is 10.2 Å². The zero-order valence-corrected chi connectivity index (χ0v) is 17.8. The Morgan fingerprint density at radius 2 is 1.73 bits per heavy atom. The molecule has 0 bridgehead atoms. The first-order valence-electron chi connectivity index (χ1n) is 10.1. The second-order valence-electron chi connectivity index (χ2n) is 8.27. The van der Waals surface area contributed by atoms with Crippen molar-refractivity contribution >= 4 is 27.5 Å². The van der Waals surface area contributed by atoms with Crippen LogP contribution in [-0.4, -0.2) is 33.0 Å². The molecule has 0 saturated carbocycles. The van der Waals surface area contributed by atoms with Crippen molar-refractivity contribution in [2.24, 2.45) is 11.8 Å². The van der Waals surface area contributed by atoms with Crippen LogP contribution in [0.15, 0.2) is 45.3 Å². The minimum absolute atomic E-state index is 0.0256. The lowest BCUT2D eigenvalue weighted by molar-refractivity contribution is -0.134. The van der Waals surface area contributed by atoms with Crippen molar-refractivity contribution in [1.29, 1.82) is 0 Å². The second-order valence-corrected chi connectivity index (χ2v) is 9.18. The molecule has 0 aliphatic carbocycles.